The Hall–Kier alpha value is -3.18. The van der Waals surface area contributed by atoms with Crippen LogP contribution in [0.3, 0.4) is 0 Å². The highest BCUT2D eigenvalue weighted by Gasteiger charge is 2.50. The van der Waals surface area contributed by atoms with E-state index in [4.69, 9.17) is 5.26 Å². The summed E-state index contributed by atoms with van der Waals surface area (Å²) in [5.74, 6) is -0.0149. The second kappa shape index (κ2) is 8.55. The highest BCUT2D eigenvalue weighted by Crippen LogP contribution is 2.51. The Morgan fingerprint density at radius 3 is 2.35 bits per heavy atom. The van der Waals surface area contributed by atoms with E-state index < -0.39 is 10.0 Å². The molecule has 3 aromatic carbocycles. The maximum absolute atomic E-state index is 13.7. The third kappa shape index (κ3) is 3.59. The van der Waals surface area contributed by atoms with E-state index in [9.17, 15) is 13.5 Å². The highest BCUT2D eigenvalue weighted by atomic mass is 32.2. The molecule has 1 saturated heterocycles. The first kappa shape index (κ1) is 22.6. The van der Waals surface area contributed by atoms with Crippen molar-refractivity contribution < 1.29 is 13.5 Å². The van der Waals surface area contributed by atoms with E-state index in [1.807, 2.05) is 50.4 Å². The van der Waals surface area contributed by atoms with Gasteiger partial charge in [0, 0.05) is 25.2 Å². The minimum Gasteiger partial charge on any atom is -0.394 e. The minimum atomic E-state index is -3.71. The lowest BCUT2D eigenvalue weighted by molar-refractivity contribution is 0.193. The normalized spacial score (nSPS) is 22.2. The van der Waals surface area contributed by atoms with Crippen molar-refractivity contribution in [2.24, 2.45) is 5.92 Å². The summed E-state index contributed by atoms with van der Waals surface area (Å²) in [6.07, 6.45) is 0.686. The number of fused-ring (bicyclic) bond motifs is 3. The number of hydrogen-bond acceptors (Lipinski definition) is 5. The van der Waals surface area contributed by atoms with Gasteiger partial charge in [0.15, 0.2) is 0 Å². The molecule has 5 rings (SSSR count). The summed E-state index contributed by atoms with van der Waals surface area (Å²) >= 11 is 0. The predicted molar refractivity (Wildman–Crippen MR) is 132 cm³/mol. The first-order chi connectivity index (χ1) is 16.3. The molecule has 174 valence electrons. The summed E-state index contributed by atoms with van der Waals surface area (Å²) in [6.45, 7) is 2.31. The fraction of sp³-hybridized carbons (Fsp3) is 0.296. The van der Waals surface area contributed by atoms with Crippen LogP contribution in [0.4, 0.5) is 5.69 Å². The van der Waals surface area contributed by atoms with Crippen LogP contribution >= 0.6 is 0 Å². The number of rotatable bonds is 4. The molecule has 1 N–H and O–H groups in total. The molecule has 2 aliphatic rings. The molecule has 34 heavy (non-hydrogen) atoms. The van der Waals surface area contributed by atoms with Gasteiger partial charge in [0.2, 0.25) is 10.0 Å². The van der Waals surface area contributed by atoms with Gasteiger partial charge in [0.05, 0.1) is 35.2 Å². The van der Waals surface area contributed by atoms with Gasteiger partial charge in [0.25, 0.3) is 0 Å². The second-order valence-electron chi connectivity index (χ2n) is 9.15. The van der Waals surface area contributed by atoms with Crippen molar-refractivity contribution in [3.63, 3.8) is 0 Å². The van der Waals surface area contributed by atoms with Gasteiger partial charge in [-0.25, -0.2) is 8.42 Å². The molecule has 3 aromatic rings. The fourth-order valence-electron chi connectivity index (χ4n) is 5.44. The van der Waals surface area contributed by atoms with Crippen LogP contribution in [0.15, 0.2) is 71.6 Å². The zero-order chi connectivity index (χ0) is 24.0. The van der Waals surface area contributed by atoms with Gasteiger partial charge in [-0.05, 0) is 66.4 Å². The average Bonchev–Trinajstić information content (AvgIpc) is 3.30. The zero-order valence-electron chi connectivity index (χ0n) is 19.2. The number of aryl methyl sites for hydroxylation is 1. The SMILES string of the molecule is Cc1ccc(S(=O)(=O)N2CC[C@@H]3[C@H](CO)N(C)c4ccc(-c5ccc(C#N)cc5)cc4[C@@H]32)cc1. The largest absolute Gasteiger partial charge is 0.394 e. The molecule has 0 saturated carbocycles. The van der Waals surface area contributed by atoms with E-state index in [1.165, 1.54) is 0 Å². The molecule has 0 bridgehead atoms. The average molecular weight is 474 g/mol. The van der Waals surface area contributed by atoms with Gasteiger partial charge in [0.1, 0.15) is 0 Å². The van der Waals surface area contributed by atoms with Gasteiger partial charge in [-0.15, -0.1) is 0 Å². The molecule has 0 spiro atoms. The van der Waals surface area contributed by atoms with E-state index in [1.54, 1.807) is 28.6 Å². The molecule has 7 heteroatoms. The first-order valence-corrected chi connectivity index (χ1v) is 12.9. The van der Waals surface area contributed by atoms with E-state index in [0.717, 1.165) is 27.9 Å². The Kier molecular flexibility index (Phi) is 5.68. The Morgan fingerprint density at radius 1 is 1.03 bits per heavy atom. The van der Waals surface area contributed by atoms with Gasteiger partial charge in [-0.1, -0.05) is 35.9 Å². The lowest BCUT2D eigenvalue weighted by Gasteiger charge is -2.44. The van der Waals surface area contributed by atoms with Crippen LogP contribution in [0.1, 0.15) is 29.2 Å². The zero-order valence-corrected chi connectivity index (χ0v) is 20.0. The summed E-state index contributed by atoms with van der Waals surface area (Å²) in [4.78, 5) is 2.38. The van der Waals surface area contributed by atoms with E-state index in [-0.39, 0.29) is 24.6 Å². The van der Waals surface area contributed by atoms with Crippen molar-refractivity contribution in [3.05, 3.63) is 83.4 Å². The number of aliphatic hydroxyl groups is 1. The molecule has 3 atom stereocenters. The van der Waals surface area contributed by atoms with Crippen molar-refractivity contribution in [2.45, 2.75) is 30.3 Å². The first-order valence-electron chi connectivity index (χ1n) is 11.4. The molecule has 0 aliphatic carbocycles. The Balaban J connectivity index is 1.63. The lowest BCUT2D eigenvalue weighted by Crippen LogP contribution is -2.48. The van der Waals surface area contributed by atoms with E-state index >= 15 is 0 Å². The van der Waals surface area contributed by atoms with Crippen LogP contribution in [0.25, 0.3) is 11.1 Å². The number of hydrogen-bond donors (Lipinski definition) is 1. The molecule has 0 aromatic heterocycles. The van der Waals surface area contributed by atoms with Gasteiger partial charge < -0.3 is 10.0 Å². The molecule has 0 unspecified atom stereocenters. The number of benzene rings is 3. The number of aliphatic hydroxyl groups excluding tert-OH is 1. The van der Waals surface area contributed by atoms with Crippen molar-refractivity contribution in [1.82, 2.24) is 4.31 Å². The standard InChI is InChI=1S/C27H27N3O3S/c1-18-3-10-22(11-4-18)34(32,33)30-14-13-23-26(17-31)29(2)25-12-9-21(15-24(25)27(23)30)20-7-5-19(16-28)6-8-20/h3-12,15,23,26-27,31H,13-14,17H2,1-2H3/t23-,26+,27-/m1/s1. The quantitative estimate of drug-likeness (QED) is 0.617. The molecular weight excluding hydrogens is 446 g/mol. The Labute approximate surface area is 200 Å². The van der Waals surface area contributed by atoms with Crippen molar-refractivity contribution in [2.75, 3.05) is 25.1 Å². The number of anilines is 1. The van der Waals surface area contributed by atoms with E-state index in [2.05, 4.69) is 17.0 Å². The molecule has 0 amide bonds. The monoisotopic (exact) mass is 473 g/mol. The highest BCUT2D eigenvalue weighted by molar-refractivity contribution is 7.89. The third-order valence-electron chi connectivity index (χ3n) is 7.28. The van der Waals surface area contributed by atoms with Crippen LogP contribution in [0.2, 0.25) is 0 Å². The van der Waals surface area contributed by atoms with Crippen LogP contribution < -0.4 is 4.90 Å². The second-order valence-corrected chi connectivity index (χ2v) is 11.0. The summed E-state index contributed by atoms with van der Waals surface area (Å²) in [6, 6.07) is 22.1. The Morgan fingerprint density at radius 2 is 1.71 bits per heavy atom. The predicted octanol–water partition coefficient (Wildman–Crippen LogP) is 4.10. The molecule has 6 nitrogen and oxygen atoms in total. The molecule has 1 fully saturated rings. The van der Waals surface area contributed by atoms with Crippen LogP contribution in [0, 0.1) is 24.2 Å². The number of nitrogens with zero attached hydrogens (tertiary/aromatic N) is 3. The summed E-state index contributed by atoms with van der Waals surface area (Å²) in [7, 11) is -1.74. The van der Waals surface area contributed by atoms with Crippen LogP contribution in [0.5, 0.6) is 0 Å². The third-order valence-corrected chi connectivity index (χ3v) is 9.17. The Bertz CT molecular complexity index is 1360. The molecule has 0 radical (unpaired) electrons. The summed E-state index contributed by atoms with van der Waals surface area (Å²) in [5.41, 5.74) is 5.43. The molecule has 2 aliphatic heterocycles. The number of likely N-dealkylation sites (N-methyl/N-ethyl adjacent to an activating group) is 1. The number of sulfonamides is 1. The van der Waals surface area contributed by atoms with Gasteiger partial charge in [-0.3, -0.25) is 0 Å². The van der Waals surface area contributed by atoms with Crippen molar-refractivity contribution >= 4 is 15.7 Å². The number of nitriles is 1. The van der Waals surface area contributed by atoms with Gasteiger partial charge in [-0.2, -0.15) is 9.57 Å². The summed E-state index contributed by atoms with van der Waals surface area (Å²) < 4.78 is 29.1. The van der Waals surface area contributed by atoms with Crippen LogP contribution in [-0.4, -0.2) is 44.1 Å². The van der Waals surface area contributed by atoms with Gasteiger partial charge >= 0.3 is 0 Å². The topological polar surface area (TPSA) is 84.6 Å². The maximum Gasteiger partial charge on any atom is 0.243 e. The maximum atomic E-state index is 13.7. The molecule has 2 heterocycles. The molecular formula is C27H27N3O3S. The smallest absolute Gasteiger partial charge is 0.243 e. The minimum absolute atomic E-state index is 0.0149. The van der Waals surface area contributed by atoms with E-state index in [0.29, 0.717) is 23.4 Å². The van der Waals surface area contributed by atoms with Crippen molar-refractivity contribution in [1.29, 1.82) is 5.26 Å². The summed E-state index contributed by atoms with van der Waals surface area (Å²) in [5, 5.41) is 19.3. The lowest BCUT2D eigenvalue weighted by atomic mass is 9.81. The van der Waals surface area contributed by atoms with Crippen molar-refractivity contribution in [3.8, 4) is 17.2 Å². The van der Waals surface area contributed by atoms with Crippen LogP contribution in [-0.2, 0) is 10.0 Å². The fourth-order valence-corrected chi connectivity index (χ4v) is 7.11.